The minimum Gasteiger partial charge on any atom is -0.478 e. The van der Waals surface area contributed by atoms with E-state index in [-0.39, 0.29) is 27.0 Å². The summed E-state index contributed by atoms with van der Waals surface area (Å²) in [4.78, 5) is 14.7. The molecule has 0 fully saturated rings. The molecule has 0 aliphatic rings. The summed E-state index contributed by atoms with van der Waals surface area (Å²) in [6.07, 6.45) is 1.37. The van der Waals surface area contributed by atoms with Crippen LogP contribution in [0.5, 0.6) is 0 Å². The first-order valence-electron chi connectivity index (χ1n) is 6.78. The minimum absolute atomic E-state index is 0.0548. The van der Waals surface area contributed by atoms with Gasteiger partial charge in [-0.25, -0.2) is 17.6 Å². The highest BCUT2D eigenvalue weighted by Gasteiger charge is 2.20. The standard InChI is InChI=1S/C16H11FN2O4S/c17-13-6-7-14(12-5-2-8-18-15(12)13)24(22,23)19-11-4-1-3-10(9-11)16(20)21/h1-9,19H,(H,20,21). The van der Waals surface area contributed by atoms with Gasteiger partial charge in [0.05, 0.1) is 10.5 Å². The second-order valence-electron chi connectivity index (χ2n) is 4.94. The molecule has 0 unspecified atom stereocenters. The van der Waals surface area contributed by atoms with E-state index in [1.54, 1.807) is 0 Å². The van der Waals surface area contributed by atoms with E-state index in [0.717, 1.165) is 12.1 Å². The summed E-state index contributed by atoms with van der Waals surface area (Å²) in [5.41, 5.74) is -0.0169. The Kier molecular flexibility index (Phi) is 3.90. The van der Waals surface area contributed by atoms with Gasteiger partial charge in [-0.3, -0.25) is 9.71 Å². The number of halogens is 1. The van der Waals surface area contributed by atoms with Crippen molar-refractivity contribution in [2.75, 3.05) is 4.72 Å². The summed E-state index contributed by atoms with van der Waals surface area (Å²) < 4.78 is 41.3. The Morgan fingerprint density at radius 1 is 1.12 bits per heavy atom. The third-order valence-electron chi connectivity index (χ3n) is 3.33. The lowest BCUT2D eigenvalue weighted by atomic mass is 10.2. The third-order valence-corrected chi connectivity index (χ3v) is 4.77. The molecular formula is C16H11FN2O4S. The average Bonchev–Trinajstić information content (AvgIpc) is 2.55. The number of sulfonamides is 1. The van der Waals surface area contributed by atoms with Gasteiger partial charge in [0.25, 0.3) is 10.0 Å². The summed E-state index contributed by atoms with van der Waals surface area (Å²) in [5.74, 6) is -1.80. The van der Waals surface area contributed by atoms with Crippen LogP contribution in [-0.2, 0) is 10.0 Å². The SMILES string of the molecule is O=C(O)c1cccc(NS(=O)(=O)c2ccc(F)c3ncccc23)c1. The highest BCUT2D eigenvalue weighted by Crippen LogP contribution is 2.26. The van der Waals surface area contributed by atoms with Crippen molar-refractivity contribution in [1.82, 2.24) is 4.98 Å². The van der Waals surface area contributed by atoms with Crippen molar-refractivity contribution >= 4 is 32.6 Å². The number of carbonyl (C=O) groups is 1. The second kappa shape index (κ2) is 5.89. The highest BCUT2D eigenvalue weighted by molar-refractivity contribution is 7.93. The van der Waals surface area contributed by atoms with Crippen LogP contribution >= 0.6 is 0 Å². The fraction of sp³-hybridized carbons (Fsp3) is 0. The maximum atomic E-state index is 13.8. The molecule has 2 aromatic carbocycles. The van der Waals surface area contributed by atoms with Gasteiger partial charge in [-0.1, -0.05) is 6.07 Å². The van der Waals surface area contributed by atoms with E-state index in [1.807, 2.05) is 0 Å². The second-order valence-corrected chi connectivity index (χ2v) is 6.59. The van der Waals surface area contributed by atoms with Crippen LogP contribution in [0.15, 0.2) is 59.6 Å². The van der Waals surface area contributed by atoms with E-state index in [1.165, 1.54) is 42.6 Å². The lowest BCUT2D eigenvalue weighted by molar-refractivity contribution is 0.0697. The van der Waals surface area contributed by atoms with Crippen molar-refractivity contribution < 1.29 is 22.7 Å². The number of hydrogen-bond donors (Lipinski definition) is 2. The summed E-state index contributed by atoms with van der Waals surface area (Å²) in [6, 6.07) is 10.5. The third kappa shape index (κ3) is 2.91. The Labute approximate surface area is 136 Å². The van der Waals surface area contributed by atoms with E-state index in [9.17, 15) is 17.6 Å². The molecule has 0 atom stereocenters. The summed E-state index contributed by atoms with van der Waals surface area (Å²) in [6.45, 7) is 0. The number of rotatable bonds is 4. The van der Waals surface area contributed by atoms with Crippen molar-refractivity contribution in [2.24, 2.45) is 0 Å². The van der Waals surface area contributed by atoms with Gasteiger partial charge in [0.2, 0.25) is 0 Å². The molecule has 3 rings (SSSR count). The van der Waals surface area contributed by atoms with Crippen molar-refractivity contribution in [3.8, 4) is 0 Å². The topological polar surface area (TPSA) is 96.4 Å². The first-order valence-corrected chi connectivity index (χ1v) is 8.26. The van der Waals surface area contributed by atoms with Gasteiger partial charge < -0.3 is 5.11 Å². The molecule has 0 spiro atoms. The number of aromatic carboxylic acids is 1. The molecule has 122 valence electrons. The van der Waals surface area contributed by atoms with Crippen molar-refractivity contribution in [3.05, 3.63) is 66.1 Å². The van der Waals surface area contributed by atoms with Gasteiger partial charge in [0.15, 0.2) is 0 Å². The number of anilines is 1. The fourth-order valence-corrected chi connectivity index (χ4v) is 3.52. The Balaban J connectivity index is 2.08. The lowest BCUT2D eigenvalue weighted by Crippen LogP contribution is -2.14. The maximum absolute atomic E-state index is 13.8. The predicted molar refractivity (Wildman–Crippen MR) is 85.9 cm³/mol. The van der Waals surface area contributed by atoms with Crippen LogP contribution in [0.4, 0.5) is 10.1 Å². The molecular weight excluding hydrogens is 335 g/mol. The quantitative estimate of drug-likeness (QED) is 0.757. The minimum atomic E-state index is -4.05. The monoisotopic (exact) mass is 346 g/mol. The summed E-state index contributed by atoms with van der Waals surface area (Å²) in [5, 5.41) is 9.11. The van der Waals surface area contributed by atoms with Crippen molar-refractivity contribution in [1.29, 1.82) is 0 Å². The molecule has 2 N–H and O–H groups in total. The van der Waals surface area contributed by atoms with Crippen LogP contribution in [-0.4, -0.2) is 24.5 Å². The zero-order valence-corrected chi connectivity index (χ0v) is 12.9. The lowest BCUT2D eigenvalue weighted by Gasteiger charge is -2.11. The van der Waals surface area contributed by atoms with E-state index in [0.29, 0.717) is 0 Å². The summed E-state index contributed by atoms with van der Waals surface area (Å²) >= 11 is 0. The number of carboxylic acids is 1. The van der Waals surface area contributed by atoms with Gasteiger partial charge in [-0.2, -0.15) is 0 Å². The highest BCUT2D eigenvalue weighted by atomic mass is 32.2. The Morgan fingerprint density at radius 3 is 2.67 bits per heavy atom. The van der Waals surface area contributed by atoms with Crippen LogP contribution in [0.1, 0.15) is 10.4 Å². The number of hydrogen-bond acceptors (Lipinski definition) is 4. The molecule has 0 saturated heterocycles. The van der Waals surface area contributed by atoms with Crippen LogP contribution < -0.4 is 4.72 Å². The van der Waals surface area contributed by atoms with Gasteiger partial charge >= 0.3 is 5.97 Å². The number of nitrogens with one attached hydrogen (secondary N) is 1. The van der Waals surface area contributed by atoms with E-state index in [2.05, 4.69) is 9.71 Å². The van der Waals surface area contributed by atoms with E-state index < -0.39 is 21.8 Å². The van der Waals surface area contributed by atoms with Crippen molar-refractivity contribution in [3.63, 3.8) is 0 Å². The number of fused-ring (bicyclic) bond motifs is 1. The molecule has 1 heterocycles. The molecule has 0 saturated carbocycles. The molecule has 3 aromatic rings. The van der Waals surface area contributed by atoms with E-state index >= 15 is 0 Å². The molecule has 8 heteroatoms. The number of pyridine rings is 1. The maximum Gasteiger partial charge on any atom is 0.335 e. The molecule has 0 aliphatic carbocycles. The number of carboxylic acid groups (broad SMARTS) is 1. The molecule has 6 nitrogen and oxygen atoms in total. The van der Waals surface area contributed by atoms with E-state index in [4.69, 9.17) is 5.11 Å². The van der Waals surface area contributed by atoms with Crippen LogP contribution in [0, 0.1) is 5.82 Å². The number of nitrogens with zero attached hydrogens (tertiary/aromatic N) is 1. The zero-order chi connectivity index (χ0) is 17.3. The van der Waals surface area contributed by atoms with Crippen LogP contribution in [0.3, 0.4) is 0 Å². The largest absolute Gasteiger partial charge is 0.478 e. The Hall–Kier alpha value is -3.00. The van der Waals surface area contributed by atoms with Gasteiger partial charge in [-0.15, -0.1) is 0 Å². The Bertz CT molecular complexity index is 1050. The Morgan fingerprint density at radius 2 is 1.92 bits per heavy atom. The van der Waals surface area contributed by atoms with Crippen LogP contribution in [0.25, 0.3) is 10.9 Å². The smallest absolute Gasteiger partial charge is 0.335 e. The first kappa shape index (κ1) is 15.9. The molecule has 0 amide bonds. The van der Waals surface area contributed by atoms with Gasteiger partial charge in [-0.05, 0) is 42.5 Å². The summed E-state index contributed by atoms with van der Waals surface area (Å²) in [7, 11) is -4.05. The molecule has 0 bridgehead atoms. The molecule has 0 radical (unpaired) electrons. The number of benzene rings is 2. The first-order chi connectivity index (χ1) is 11.4. The fourth-order valence-electron chi connectivity index (χ4n) is 2.27. The van der Waals surface area contributed by atoms with Crippen molar-refractivity contribution in [2.45, 2.75) is 4.90 Å². The normalized spacial score (nSPS) is 11.4. The van der Waals surface area contributed by atoms with Gasteiger partial charge in [0.1, 0.15) is 11.3 Å². The molecule has 24 heavy (non-hydrogen) atoms. The zero-order valence-electron chi connectivity index (χ0n) is 12.1. The van der Waals surface area contributed by atoms with Gasteiger partial charge in [0, 0.05) is 17.3 Å². The predicted octanol–water partition coefficient (Wildman–Crippen LogP) is 2.87. The van der Waals surface area contributed by atoms with Crippen LogP contribution in [0.2, 0.25) is 0 Å². The average molecular weight is 346 g/mol. The molecule has 1 aromatic heterocycles. The number of aromatic nitrogens is 1. The molecule has 0 aliphatic heterocycles.